The highest BCUT2D eigenvalue weighted by Crippen LogP contribution is 2.35. The first-order valence-corrected chi connectivity index (χ1v) is 9.35. The highest BCUT2D eigenvalue weighted by molar-refractivity contribution is 5.94. The zero-order valence-electron chi connectivity index (χ0n) is 15.8. The van der Waals surface area contributed by atoms with Crippen molar-refractivity contribution in [2.75, 3.05) is 13.7 Å². The van der Waals surface area contributed by atoms with Gasteiger partial charge in [0.05, 0.1) is 13.2 Å². The van der Waals surface area contributed by atoms with Gasteiger partial charge >= 0.3 is 0 Å². The second-order valence-corrected chi connectivity index (χ2v) is 6.96. The Bertz CT molecular complexity index is 946. The van der Waals surface area contributed by atoms with Crippen LogP contribution in [0.5, 0.6) is 5.75 Å². The molecule has 2 aromatic carbocycles. The number of likely N-dealkylation sites (tertiary alicyclic amines) is 1. The van der Waals surface area contributed by atoms with Crippen molar-refractivity contribution in [1.82, 2.24) is 9.47 Å². The van der Waals surface area contributed by atoms with Crippen LogP contribution in [-0.4, -0.2) is 29.0 Å². The number of aromatic nitrogens is 1. The van der Waals surface area contributed by atoms with E-state index >= 15 is 0 Å². The molecular weight excluding hydrogens is 336 g/mol. The van der Waals surface area contributed by atoms with Crippen molar-refractivity contribution in [3.63, 3.8) is 0 Å². The Hall–Kier alpha value is -3.01. The summed E-state index contributed by atoms with van der Waals surface area (Å²) in [5.41, 5.74) is 4.03. The molecule has 1 aromatic heterocycles. The lowest BCUT2D eigenvalue weighted by Gasteiger charge is -2.25. The minimum absolute atomic E-state index is 0.0880. The quantitative estimate of drug-likeness (QED) is 0.677. The molecule has 0 spiro atoms. The second-order valence-electron chi connectivity index (χ2n) is 6.96. The molecule has 3 aromatic rings. The van der Waals surface area contributed by atoms with Gasteiger partial charge in [-0.2, -0.15) is 0 Å². The van der Waals surface area contributed by atoms with Crippen LogP contribution < -0.4 is 4.74 Å². The first-order valence-electron chi connectivity index (χ1n) is 9.35. The molecule has 1 aliphatic heterocycles. The number of amides is 1. The van der Waals surface area contributed by atoms with Gasteiger partial charge in [-0.05, 0) is 48.2 Å². The fraction of sp³-hybridized carbons (Fsp3) is 0.261. The van der Waals surface area contributed by atoms with E-state index in [9.17, 15) is 4.79 Å². The Morgan fingerprint density at radius 2 is 1.85 bits per heavy atom. The van der Waals surface area contributed by atoms with Gasteiger partial charge in [0.2, 0.25) is 0 Å². The van der Waals surface area contributed by atoms with Crippen LogP contribution in [0.2, 0.25) is 0 Å². The van der Waals surface area contributed by atoms with Crippen LogP contribution in [0.25, 0.3) is 11.3 Å². The molecule has 0 N–H and O–H groups in total. The normalized spacial score (nSPS) is 16.5. The highest BCUT2D eigenvalue weighted by atomic mass is 16.5. The topological polar surface area (TPSA) is 34.5 Å². The molecule has 138 valence electrons. The van der Waals surface area contributed by atoms with Crippen molar-refractivity contribution in [3.8, 4) is 17.0 Å². The molecule has 0 saturated carbocycles. The van der Waals surface area contributed by atoms with E-state index in [4.69, 9.17) is 4.74 Å². The molecule has 0 bridgehead atoms. The van der Waals surface area contributed by atoms with Crippen molar-refractivity contribution >= 4 is 5.91 Å². The number of hydrogen-bond donors (Lipinski definition) is 0. The van der Waals surface area contributed by atoms with Gasteiger partial charge in [0.1, 0.15) is 11.4 Å². The summed E-state index contributed by atoms with van der Waals surface area (Å²) in [4.78, 5) is 15.3. The predicted octanol–water partition coefficient (Wildman–Crippen LogP) is 4.68. The summed E-state index contributed by atoms with van der Waals surface area (Å²) in [6, 6.07) is 22.3. The van der Waals surface area contributed by atoms with Crippen molar-refractivity contribution in [1.29, 1.82) is 0 Å². The minimum atomic E-state index is 0.0880. The number of methoxy groups -OCH3 is 1. The average molecular weight is 360 g/mol. The maximum atomic E-state index is 13.3. The van der Waals surface area contributed by atoms with Gasteiger partial charge in [0.15, 0.2) is 0 Å². The number of nitrogens with zero attached hydrogens (tertiary/aromatic N) is 2. The van der Waals surface area contributed by atoms with Crippen molar-refractivity contribution < 1.29 is 9.53 Å². The molecule has 1 saturated heterocycles. The Kier molecular flexibility index (Phi) is 4.71. The predicted molar refractivity (Wildman–Crippen MR) is 107 cm³/mol. The van der Waals surface area contributed by atoms with E-state index in [1.807, 2.05) is 65.0 Å². The third-order valence-corrected chi connectivity index (χ3v) is 5.40. The van der Waals surface area contributed by atoms with Gasteiger partial charge in [-0.1, -0.05) is 42.5 Å². The fourth-order valence-corrected chi connectivity index (χ4v) is 3.98. The molecule has 1 unspecified atom stereocenters. The van der Waals surface area contributed by atoms with E-state index in [0.717, 1.165) is 47.7 Å². The molecule has 27 heavy (non-hydrogen) atoms. The van der Waals surface area contributed by atoms with Crippen LogP contribution in [-0.2, 0) is 7.05 Å². The van der Waals surface area contributed by atoms with Crippen LogP contribution in [0.3, 0.4) is 0 Å². The van der Waals surface area contributed by atoms with Crippen LogP contribution in [0, 0.1) is 0 Å². The molecule has 1 amide bonds. The number of rotatable bonds is 4. The smallest absolute Gasteiger partial charge is 0.270 e. The second kappa shape index (κ2) is 7.31. The van der Waals surface area contributed by atoms with E-state index in [0.29, 0.717) is 0 Å². The number of benzene rings is 2. The highest BCUT2D eigenvalue weighted by Gasteiger charge is 2.32. The Morgan fingerprint density at radius 1 is 1.04 bits per heavy atom. The third-order valence-electron chi connectivity index (χ3n) is 5.40. The number of carbonyl (C=O) groups is 1. The van der Waals surface area contributed by atoms with Crippen LogP contribution in [0.4, 0.5) is 0 Å². The van der Waals surface area contributed by atoms with Gasteiger partial charge in [0.25, 0.3) is 5.91 Å². The first-order chi connectivity index (χ1) is 13.2. The zero-order chi connectivity index (χ0) is 18.8. The molecule has 4 nitrogen and oxygen atoms in total. The SMILES string of the molecule is COc1cccc(C2CCCN2C(=O)c2ccc(-c3ccccc3)n2C)c1. The third kappa shape index (κ3) is 3.23. The van der Waals surface area contributed by atoms with Crippen LogP contribution in [0.1, 0.15) is 34.9 Å². The molecule has 2 heterocycles. The summed E-state index contributed by atoms with van der Waals surface area (Å²) in [6.45, 7) is 0.784. The summed E-state index contributed by atoms with van der Waals surface area (Å²) in [5, 5.41) is 0. The Balaban J connectivity index is 1.63. The summed E-state index contributed by atoms with van der Waals surface area (Å²) in [7, 11) is 3.64. The van der Waals surface area contributed by atoms with E-state index < -0.39 is 0 Å². The van der Waals surface area contributed by atoms with Crippen molar-refractivity contribution in [2.24, 2.45) is 7.05 Å². The van der Waals surface area contributed by atoms with Gasteiger partial charge in [-0.15, -0.1) is 0 Å². The van der Waals surface area contributed by atoms with Gasteiger partial charge in [-0.3, -0.25) is 4.79 Å². The molecule has 4 rings (SSSR count). The Labute approximate surface area is 160 Å². The fourth-order valence-electron chi connectivity index (χ4n) is 3.98. The summed E-state index contributed by atoms with van der Waals surface area (Å²) >= 11 is 0. The monoisotopic (exact) mass is 360 g/mol. The standard InChI is InChI=1S/C23H24N2O2/c1-24-20(17-8-4-3-5-9-17)13-14-22(24)23(26)25-15-7-12-21(25)18-10-6-11-19(16-18)27-2/h3-6,8-11,13-14,16,21H,7,12,15H2,1-2H3. The molecule has 0 aliphatic carbocycles. The lowest BCUT2D eigenvalue weighted by molar-refractivity contribution is 0.0726. The van der Waals surface area contributed by atoms with E-state index in [1.165, 1.54) is 0 Å². The van der Waals surface area contributed by atoms with E-state index in [-0.39, 0.29) is 11.9 Å². The maximum Gasteiger partial charge on any atom is 0.270 e. The summed E-state index contributed by atoms with van der Waals surface area (Å²) in [6.07, 6.45) is 2.00. The number of hydrogen-bond acceptors (Lipinski definition) is 2. The molecular formula is C23H24N2O2. The van der Waals surface area contributed by atoms with Crippen LogP contribution >= 0.6 is 0 Å². The average Bonchev–Trinajstić information content (AvgIpc) is 3.35. The summed E-state index contributed by atoms with van der Waals surface area (Å²) < 4.78 is 7.36. The largest absolute Gasteiger partial charge is 0.497 e. The maximum absolute atomic E-state index is 13.3. The van der Waals surface area contributed by atoms with Gasteiger partial charge < -0.3 is 14.2 Å². The lowest BCUT2D eigenvalue weighted by atomic mass is 10.0. The molecule has 0 radical (unpaired) electrons. The van der Waals surface area contributed by atoms with Gasteiger partial charge in [0, 0.05) is 19.3 Å². The lowest BCUT2D eigenvalue weighted by Crippen LogP contribution is -2.31. The molecule has 1 fully saturated rings. The van der Waals surface area contributed by atoms with Gasteiger partial charge in [-0.25, -0.2) is 0 Å². The number of carbonyl (C=O) groups excluding carboxylic acids is 1. The Morgan fingerprint density at radius 3 is 2.63 bits per heavy atom. The molecule has 1 aliphatic rings. The van der Waals surface area contributed by atoms with Crippen molar-refractivity contribution in [2.45, 2.75) is 18.9 Å². The van der Waals surface area contributed by atoms with Crippen molar-refractivity contribution in [3.05, 3.63) is 78.0 Å². The van der Waals surface area contributed by atoms with E-state index in [2.05, 4.69) is 18.2 Å². The van der Waals surface area contributed by atoms with E-state index in [1.54, 1.807) is 7.11 Å². The minimum Gasteiger partial charge on any atom is -0.497 e. The molecule has 4 heteroatoms. The number of ether oxygens (including phenoxy) is 1. The summed E-state index contributed by atoms with van der Waals surface area (Å²) in [5.74, 6) is 0.919. The zero-order valence-corrected chi connectivity index (χ0v) is 15.8. The molecule has 1 atom stereocenters. The first kappa shape index (κ1) is 17.4. The van der Waals surface area contributed by atoms with Crippen LogP contribution in [0.15, 0.2) is 66.7 Å².